The predicted octanol–water partition coefficient (Wildman–Crippen LogP) is 2.20. The summed E-state index contributed by atoms with van der Waals surface area (Å²) in [4.78, 5) is 0. The highest BCUT2D eigenvalue weighted by molar-refractivity contribution is 5.28. The molecule has 2 unspecified atom stereocenters. The molecule has 1 aromatic carbocycles. The van der Waals surface area contributed by atoms with E-state index in [1.54, 1.807) is 0 Å². The lowest BCUT2D eigenvalue weighted by atomic mass is 9.98. The van der Waals surface area contributed by atoms with Crippen molar-refractivity contribution in [3.8, 4) is 5.75 Å². The van der Waals surface area contributed by atoms with E-state index in [-0.39, 0.29) is 6.04 Å². The normalized spacial score (nSPS) is 27.6. The average Bonchev–Trinajstić information content (AvgIpc) is 2.88. The quantitative estimate of drug-likeness (QED) is 0.886. The molecule has 0 aromatic heterocycles. The van der Waals surface area contributed by atoms with Crippen LogP contribution in [-0.4, -0.2) is 30.3 Å². The molecule has 3 rings (SSSR count). The summed E-state index contributed by atoms with van der Waals surface area (Å²) in [5.41, 5.74) is 1.23. The van der Waals surface area contributed by atoms with E-state index in [0.29, 0.717) is 12.7 Å². The van der Waals surface area contributed by atoms with Crippen LogP contribution in [0.1, 0.15) is 37.7 Å². The van der Waals surface area contributed by atoms with Gasteiger partial charge in [-0.1, -0.05) is 18.6 Å². The average molecular weight is 277 g/mol. The number of benzene rings is 1. The van der Waals surface area contributed by atoms with Crippen LogP contribution in [0.15, 0.2) is 24.3 Å². The Morgan fingerprint density at radius 1 is 1.15 bits per heavy atom. The highest BCUT2D eigenvalue weighted by atomic mass is 16.6. The number of rotatable bonds is 4. The molecule has 1 aliphatic carbocycles. The van der Waals surface area contributed by atoms with Gasteiger partial charge in [0.1, 0.15) is 5.75 Å². The lowest BCUT2D eigenvalue weighted by Crippen LogP contribution is -2.31. The molecule has 1 aromatic rings. The van der Waals surface area contributed by atoms with Gasteiger partial charge in [-0.25, -0.2) is 0 Å². The van der Waals surface area contributed by atoms with Crippen LogP contribution in [0, 0.1) is 0 Å². The second kappa shape index (κ2) is 6.57. The zero-order chi connectivity index (χ0) is 13.8. The van der Waals surface area contributed by atoms with Crippen LogP contribution in [-0.2, 0) is 11.2 Å². The number of nitrogens with one attached hydrogen (secondary N) is 1. The summed E-state index contributed by atoms with van der Waals surface area (Å²) < 4.78 is 11.1. The third-order valence-electron chi connectivity index (χ3n) is 4.09. The van der Waals surface area contributed by atoms with E-state index in [1.807, 2.05) is 0 Å². The van der Waals surface area contributed by atoms with Gasteiger partial charge in [-0.2, -0.15) is 0 Å². The molecule has 1 aliphatic heterocycles. The Bertz CT molecular complexity index is 388. The molecule has 0 amide bonds. The molecule has 2 N–H and O–H groups in total. The van der Waals surface area contributed by atoms with Gasteiger partial charge in [0, 0.05) is 6.04 Å². The van der Waals surface area contributed by atoms with Crippen LogP contribution >= 0.6 is 0 Å². The van der Waals surface area contributed by atoms with Crippen molar-refractivity contribution in [3.63, 3.8) is 0 Å². The Balaban J connectivity index is 1.51. The number of hydrogen-bond donors (Lipinski definition) is 2. The second-order valence-corrected chi connectivity index (χ2v) is 5.78. The first-order valence-corrected chi connectivity index (χ1v) is 7.61. The maximum atomic E-state index is 9.25. The van der Waals surface area contributed by atoms with Gasteiger partial charge in [0.25, 0.3) is 0 Å². The van der Waals surface area contributed by atoms with E-state index in [9.17, 15) is 5.11 Å². The monoisotopic (exact) mass is 277 g/mol. The summed E-state index contributed by atoms with van der Waals surface area (Å²) in [6.45, 7) is 0.557. The smallest absolute Gasteiger partial charge is 0.213 e. The Morgan fingerprint density at radius 3 is 2.55 bits per heavy atom. The first kappa shape index (κ1) is 13.9. The molecule has 1 saturated carbocycles. The van der Waals surface area contributed by atoms with Gasteiger partial charge in [0.15, 0.2) is 0 Å². The number of aliphatic hydroxyl groups excluding tert-OH is 1. The van der Waals surface area contributed by atoms with E-state index in [4.69, 9.17) is 9.47 Å². The number of hydrogen-bond acceptors (Lipinski definition) is 4. The van der Waals surface area contributed by atoms with Crippen molar-refractivity contribution in [2.45, 2.75) is 57.1 Å². The maximum absolute atomic E-state index is 9.25. The fourth-order valence-corrected chi connectivity index (χ4v) is 2.99. The van der Waals surface area contributed by atoms with Crippen LogP contribution in [0.25, 0.3) is 0 Å². The van der Waals surface area contributed by atoms with E-state index < -0.39 is 6.41 Å². The molecule has 0 radical (unpaired) electrons. The maximum Gasteiger partial charge on any atom is 0.213 e. The SMILES string of the molecule is OC1NC(Cc2ccc(OC3CCCCC3)cc2)CO1. The first-order valence-electron chi connectivity index (χ1n) is 7.61. The molecular formula is C16H23NO3. The van der Waals surface area contributed by atoms with Gasteiger partial charge in [-0.15, -0.1) is 0 Å². The van der Waals surface area contributed by atoms with Crippen molar-refractivity contribution >= 4 is 0 Å². The standard InChI is InChI=1S/C16H23NO3/c18-16-17-13(11-19-16)10-12-6-8-15(9-7-12)20-14-4-2-1-3-5-14/h6-9,13-14,16-18H,1-5,10-11H2. The van der Waals surface area contributed by atoms with Gasteiger partial charge in [-0.05, 0) is 49.8 Å². The summed E-state index contributed by atoms with van der Waals surface area (Å²) in [7, 11) is 0. The summed E-state index contributed by atoms with van der Waals surface area (Å²) in [6, 6.07) is 8.50. The van der Waals surface area contributed by atoms with Crippen molar-refractivity contribution in [3.05, 3.63) is 29.8 Å². The molecule has 0 bridgehead atoms. The van der Waals surface area contributed by atoms with Crippen LogP contribution in [0.4, 0.5) is 0 Å². The Kier molecular flexibility index (Phi) is 4.55. The number of aliphatic hydroxyl groups is 1. The molecule has 20 heavy (non-hydrogen) atoms. The molecule has 2 atom stereocenters. The topological polar surface area (TPSA) is 50.7 Å². The molecule has 1 saturated heterocycles. The summed E-state index contributed by atoms with van der Waals surface area (Å²) in [6.07, 6.45) is 6.74. The zero-order valence-corrected chi connectivity index (χ0v) is 11.8. The van der Waals surface area contributed by atoms with E-state index in [2.05, 4.69) is 29.6 Å². The Hall–Kier alpha value is -1.10. The highest BCUT2D eigenvalue weighted by Crippen LogP contribution is 2.23. The third-order valence-corrected chi connectivity index (χ3v) is 4.09. The van der Waals surface area contributed by atoms with Gasteiger partial charge in [-0.3, -0.25) is 5.32 Å². The minimum Gasteiger partial charge on any atom is -0.490 e. The molecular weight excluding hydrogens is 254 g/mol. The van der Waals surface area contributed by atoms with Crippen LogP contribution in [0.3, 0.4) is 0 Å². The van der Waals surface area contributed by atoms with E-state index in [1.165, 1.54) is 37.7 Å². The largest absolute Gasteiger partial charge is 0.490 e. The zero-order valence-electron chi connectivity index (χ0n) is 11.8. The molecule has 4 heteroatoms. The van der Waals surface area contributed by atoms with Gasteiger partial charge in [0.05, 0.1) is 12.7 Å². The second-order valence-electron chi connectivity index (χ2n) is 5.78. The predicted molar refractivity (Wildman–Crippen MR) is 76.5 cm³/mol. The molecule has 110 valence electrons. The summed E-state index contributed by atoms with van der Waals surface area (Å²) in [5, 5.41) is 12.2. The van der Waals surface area contributed by atoms with E-state index >= 15 is 0 Å². The lowest BCUT2D eigenvalue weighted by Gasteiger charge is -2.23. The fraction of sp³-hybridized carbons (Fsp3) is 0.625. The van der Waals surface area contributed by atoms with Gasteiger partial charge < -0.3 is 14.6 Å². The third kappa shape index (κ3) is 3.72. The van der Waals surface area contributed by atoms with Crippen LogP contribution < -0.4 is 10.1 Å². The van der Waals surface area contributed by atoms with Crippen molar-refractivity contribution < 1.29 is 14.6 Å². The fourth-order valence-electron chi connectivity index (χ4n) is 2.99. The summed E-state index contributed by atoms with van der Waals surface area (Å²) >= 11 is 0. The van der Waals surface area contributed by atoms with Gasteiger partial charge >= 0.3 is 0 Å². The molecule has 0 spiro atoms. The van der Waals surface area contributed by atoms with Crippen molar-refractivity contribution in [1.82, 2.24) is 5.32 Å². The molecule has 2 fully saturated rings. The Labute approximate surface area is 120 Å². The minimum atomic E-state index is -0.811. The first-order chi connectivity index (χ1) is 9.79. The molecule has 4 nitrogen and oxygen atoms in total. The van der Waals surface area contributed by atoms with Crippen molar-refractivity contribution in [2.24, 2.45) is 0 Å². The number of ether oxygens (including phenoxy) is 2. The van der Waals surface area contributed by atoms with E-state index in [0.717, 1.165) is 12.2 Å². The van der Waals surface area contributed by atoms with Crippen LogP contribution in [0.2, 0.25) is 0 Å². The molecule has 1 heterocycles. The Morgan fingerprint density at radius 2 is 1.90 bits per heavy atom. The van der Waals surface area contributed by atoms with Crippen molar-refractivity contribution in [1.29, 1.82) is 0 Å². The minimum absolute atomic E-state index is 0.190. The summed E-state index contributed by atoms with van der Waals surface area (Å²) in [5.74, 6) is 0.969. The van der Waals surface area contributed by atoms with Gasteiger partial charge in [0.2, 0.25) is 6.41 Å². The highest BCUT2D eigenvalue weighted by Gasteiger charge is 2.22. The van der Waals surface area contributed by atoms with Crippen molar-refractivity contribution in [2.75, 3.05) is 6.61 Å². The lowest BCUT2D eigenvalue weighted by molar-refractivity contribution is -0.0719. The molecule has 2 aliphatic rings. The van der Waals surface area contributed by atoms with Crippen LogP contribution in [0.5, 0.6) is 5.75 Å².